The van der Waals surface area contributed by atoms with E-state index in [2.05, 4.69) is 5.32 Å². The molecule has 0 bridgehead atoms. The lowest BCUT2D eigenvalue weighted by Gasteiger charge is -2.20. The molecule has 158 valence electrons. The van der Waals surface area contributed by atoms with Gasteiger partial charge in [0.05, 0.1) is 12.7 Å². The van der Waals surface area contributed by atoms with Crippen LogP contribution in [0.5, 0.6) is 11.5 Å². The van der Waals surface area contributed by atoms with Gasteiger partial charge in [0.1, 0.15) is 17.3 Å². The maximum Gasteiger partial charge on any atom is 0.261 e. The zero-order valence-corrected chi connectivity index (χ0v) is 16.9. The largest absolute Gasteiger partial charge is 0.496 e. The van der Waals surface area contributed by atoms with E-state index in [1.165, 1.54) is 19.2 Å². The highest BCUT2D eigenvalue weighted by Gasteiger charge is 2.22. The monoisotopic (exact) mass is 420 g/mol. The van der Waals surface area contributed by atoms with Crippen molar-refractivity contribution in [1.29, 1.82) is 0 Å². The molecule has 6 nitrogen and oxygen atoms in total. The number of nitrogens with one attached hydrogen (secondary N) is 1. The van der Waals surface area contributed by atoms with Crippen LogP contribution in [0.2, 0.25) is 0 Å². The van der Waals surface area contributed by atoms with Gasteiger partial charge >= 0.3 is 0 Å². The molecule has 3 aromatic carbocycles. The molecule has 7 heteroatoms. The number of carbonyl (C=O) groups is 2. The van der Waals surface area contributed by atoms with Gasteiger partial charge in [-0.1, -0.05) is 24.3 Å². The molecule has 0 spiro atoms. The smallest absolute Gasteiger partial charge is 0.261 e. The summed E-state index contributed by atoms with van der Waals surface area (Å²) in [6.07, 6.45) is 0. The first-order valence-corrected chi connectivity index (χ1v) is 9.76. The molecule has 0 saturated heterocycles. The first kappa shape index (κ1) is 20.4. The number of methoxy groups -OCH3 is 1. The van der Waals surface area contributed by atoms with Crippen LogP contribution in [0.15, 0.2) is 66.7 Å². The van der Waals surface area contributed by atoms with E-state index in [1.807, 2.05) is 0 Å². The zero-order valence-electron chi connectivity index (χ0n) is 16.9. The molecule has 1 heterocycles. The van der Waals surface area contributed by atoms with Crippen molar-refractivity contribution in [2.24, 2.45) is 0 Å². The fourth-order valence-electron chi connectivity index (χ4n) is 3.43. The Morgan fingerprint density at radius 1 is 1.13 bits per heavy atom. The van der Waals surface area contributed by atoms with Gasteiger partial charge < -0.3 is 19.7 Å². The summed E-state index contributed by atoms with van der Waals surface area (Å²) < 4.78 is 24.1. The molecule has 0 fully saturated rings. The molecule has 4 rings (SSSR count). The van der Waals surface area contributed by atoms with Gasteiger partial charge in [0.25, 0.3) is 11.8 Å². The molecular formula is C24H21FN2O4. The van der Waals surface area contributed by atoms with Gasteiger partial charge in [-0.25, -0.2) is 4.39 Å². The van der Waals surface area contributed by atoms with Crippen LogP contribution < -0.4 is 14.8 Å². The van der Waals surface area contributed by atoms with Gasteiger partial charge in [-0.15, -0.1) is 0 Å². The number of anilines is 1. The van der Waals surface area contributed by atoms with Crippen LogP contribution in [0.3, 0.4) is 0 Å². The third kappa shape index (κ3) is 4.66. The van der Waals surface area contributed by atoms with Crippen molar-refractivity contribution in [3.05, 3.63) is 89.2 Å². The Kier molecular flexibility index (Phi) is 5.84. The number of hydrogen-bond donors (Lipinski definition) is 1. The standard InChI is InChI=1S/C24H21FN2O4/c1-30-22-5-3-2-4-20(22)24(29)26-19-10-11-21-17(12-19)14-27(23(28)15-31-21)13-16-6-8-18(25)9-7-16/h2-12H,13-15H2,1H3,(H,26,29). The van der Waals surface area contributed by atoms with Gasteiger partial charge in [0.15, 0.2) is 6.61 Å². The molecular weight excluding hydrogens is 399 g/mol. The van der Waals surface area contributed by atoms with E-state index in [9.17, 15) is 14.0 Å². The lowest BCUT2D eigenvalue weighted by atomic mass is 10.1. The molecule has 1 N–H and O–H groups in total. The van der Waals surface area contributed by atoms with Crippen molar-refractivity contribution in [2.45, 2.75) is 13.1 Å². The van der Waals surface area contributed by atoms with Crippen LogP contribution in [0.25, 0.3) is 0 Å². The molecule has 3 aromatic rings. The molecule has 0 saturated carbocycles. The number of hydrogen-bond acceptors (Lipinski definition) is 4. The summed E-state index contributed by atoms with van der Waals surface area (Å²) in [5.74, 6) is 0.278. The van der Waals surface area contributed by atoms with Crippen molar-refractivity contribution in [1.82, 2.24) is 4.90 Å². The Morgan fingerprint density at radius 3 is 2.68 bits per heavy atom. The number of rotatable bonds is 5. The molecule has 0 atom stereocenters. The average Bonchev–Trinajstić information content (AvgIpc) is 2.93. The van der Waals surface area contributed by atoms with E-state index in [4.69, 9.17) is 9.47 Å². The van der Waals surface area contributed by atoms with Gasteiger partial charge in [-0.3, -0.25) is 9.59 Å². The number of halogens is 1. The van der Waals surface area contributed by atoms with Gasteiger partial charge in [0, 0.05) is 24.3 Å². The Morgan fingerprint density at radius 2 is 1.90 bits per heavy atom. The van der Waals surface area contributed by atoms with E-state index in [-0.39, 0.29) is 24.2 Å². The number of ether oxygens (including phenoxy) is 2. The molecule has 0 aliphatic carbocycles. The average molecular weight is 420 g/mol. The molecule has 1 aliphatic heterocycles. The Bertz CT molecular complexity index is 1110. The van der Waals surface area contributed by atoms with E-state index in [0.717, 1.165) is 11.1 Å². The SMILES string of the molecule is COc1ccccc1C(=O)Nc1ccc2c(c1)CN(Cc1ccc(F)cc1)C(=O)CO2. The maximum atomic E-state index is 13.2. The molecule has 2 amide bonds. The Balaban J connectivity index is 1.54. The van der Waals surface area contributed by atoms with Crippen LogP contribution >= 0.6 is 0 Å². The van der Waals surface area contributed by atoms with Gasteiger partial charge in [0.2, 0.25) is 0 Å². The molecule has 0 unspecified atom stereocenters. The number of fused-ring (bicyclic) bond motifs is 1. The summed E-state index contributed by atoms with van der Waals surface area (Å²) in [5.41, 5.74) is 2.59. The van der Waals surface area contributed by atoms with Crippen LogP contribution in [0.4, 0.5) is 10.1 Å². The van der Waals surface area contributed by atoms with E-state index in [1.54, 1.807) is 59.5 Å². The van der Waals surface area contributed by atoms with E-state index >= 15 is 0 Å². The number of para-hydroxylation sites is 1. The fourth-order valence-corrected chi connectivity index (χ4v) is 3.43. The Hall–Kier alpha value is -3.87. The van der Waals surface area contributed by atoms with Crippen LogP contribution in [-0.2, 0) is 17.9 Å². The third-order valence-electron chi connectivity index (χ3n) is 5.02. The second-order valence-electron chi connectivity index (χ2n) is 7.14. The van der Waals surface area contributed by atoms with Gasteiger partial charge in [-0.2, -0.15) is 0 Å². The quantitative estimate of drug-likeness (QED) is 0.677. The van der Waals surface area contributed by atoms with Gasteiger partial charge in [-0.05, 0) is 48.0 Å². The van der Waals surface area contributed by atoms with Crippen LogP contribution in [-0.4, -0.2) is 30.4 Å². The number of carbonyl (C=O) groups excluding carboxylic acids is 2. The second kappa shape index (κ2) is 8.87. The van der Waals surface area contributed by atoms with Crippen molar-refractivity contribution in [3.63, 3.8) is 0 Å². The highest BCUT2D eigenvalue weighted by atomic mass is 19.1. The number of benzene rings is 3. The second-order valence-corrected chi connectivity index (χ2v) is 7.14. The number of amides is 2. The first-order valence-electron chi connectivity index (χ1n) is 9.76. The van der Waals surface area contributed by atoms with Crippen molar-refractivity contribution in [3.8, 4) is 11.5 Å². The summed E-state index contributed by atoms with van der Waals surface area (Å²) in [5, 5.41) is 2.87. The summed E-state index contributed by atoms with van der Waals surface area (Å²) in [7, 11) is 1.51. The van der Waals surface area contributed by atoms with E-state index in [0.29, 0.717) is 35.8 Å². The Labute approximate surface area is 179 Å². The highest BCUT2D eigenvalue weighted by Crippen LogP contribution is 2.28. The third-order valence-corrected chi connectivity index (χ3v) is 5.02. The van der Waals surface area contributed by atoms with Crippen LogP contribution in [0, 0.1) is 5.82 Å². The molecule has 0 radical (unpaired) electrons. The minimum Gasteiger partial charge on any atom is -0.496 e. The van der Waals surface area contributed by atoms with Crippen molar-refractivity contribution in [2.75, 3.05) is 19.0 Å². The fraction of sp³-hybridized carbons (Fsp3) is 0.167. The van der Waals surface area contributed by atoms with E-state index < -0.39 is 0 Å². The minimum atomic E-state index is -0.324. The normalized spacial score (nSPS) is 13.1. The van der Waals surface area contributed by atoms with Crippen LogP contribution in [0.1, 0.15) is 21.5 Å². The number of nitrogens with zero attached hydrogens (tertiary/aromatic N) is 1. The minimum absolute atomic E-state index is 0.0822. The van der Waals surface area contributed by atoms with Crippen molar-refractivity contribution < 1.29 is 23.5 Å². The summed E-state index contributed by atoms with van der Waals surface area (Å²) in [6.45, 7) is 0.560. The highest BCUT2D eigenvalue weighted by molar-refractivity contribution is 6.06. The summed E-state index contributed by atoms with van der Waals surface area (Å²) in [4.78, 5) is 26.9. The molecule has 1 aliphatic rings. The lowest BCUT2D eigenvalue weighted by molar-refractivity contribution is -0.133. The summed E-state index contributed by atoms with van der Waals surface area (Å²) >= 11 is 0. The summed E-state index contributed by atoms with van der Waals surface area (Å²) in [6, 6.07) is 18.3. The predicted molar refractivity (Wildman–Crippen MR) is 114 cm³/mol. The lowest BCUT2D eigenvalue weighted by Crippen LogP contribution is -2.31. The topological polar surface area (TPSA) is 67.9 Å². The first-order chi connectivity index (χ1) is 15.0. The zero-order chi connectivity index (χ0) is 21.8. The maximum absolute atomic E-state index is 13.2. The van der Waals surface area contributed by atoms with Crippen molar-refractivity contribution >= 4 is 17.5 Å². The predicted octanol–water partition coefficient (Wildman–Crippen LogP) is 4.01. The molecule has 31 heavy (non-hydrogen) atoms. The molecule has 0 aromatic heterocycles.